The zero-order valence-electron chi connectivity index (χ0n) is 35.0. The number of nitrogens with zero attached hydrogens (tertiary/aromatic N) is 3. The first kappa shape index (κ1) is 45.7. The van der Waals surface area contributed by atoms with Gasteiger partial charge in [-0.25, -0.2) is 31.3 Å². The molecule has 59 heavy (non-hydrogen) atoms. The third kappa shape index (κ3) is 8.39. The minimum absolute atomic E-state index is 0.00917. The molecule has 0 aromatic heterocycles. The van der Waals surface area contributed by atoms with Crippen molar-refractivity contribution in [3.05, 3.63) is 63.6 Å². The van der Waals surface area contributed by atoms with Gasteiger partial charge >= 0.3 is 15.5 Å². The van der Waals surface area contributed by atoms with Crippen molar-refractivity contribution in [2.75, 3.05) is 29.6 Å². The fourth-order valence-electron chi connectivity index (χ4n) is 8.27. The second-order valence-electron chi connectivity index (χ2n) is 17.1. The predicted octanol–water partition coefficient (Wildman–Crippen LogP) is 5.37. The van der Waals surface area contributed by atoms with Crippen molar-refractivity contribution in [2.24, 2.45) is 10.4 Å². The summed E-state index contributed by atoms with van der Waals surface area (Å²) in [7, 11) is -9.29. The number of amides is 2. The maximum Gasteiger partial charge on any atom is 0.511 e. The number of anilines is 2. The van der Waals surface area contributed by atoms with E-state index in [0.29, 0.717) is 5.70 Å². The first-order chi connectivity index (χ1) is 26.9. The highest BCUT2D eigenvalue weighted by molar-refractivity contribution is 7.90. The molecule has 2 aliphatic carbocycles. The van der Waals surface area contributed by atoms with Gasteiger partial charge in [0.1, 0.15) is 5.76 Å². The molecule has 0 bridgehead atoms. The number of aliphatic hydroxyl groups is 1. The lowest BCUT2D eigenvalue weighted by molar-refractivity contribution is -0.118. The average Bonchev–Trinajstić information content (AvgIpc) is 3.40. The number of Topliss-reactive ketones (excluding diaryl/α,β-unsaturated/α-hetero) is 1. The summed E-state index contributed by atoms with van der Waals surface area (Å²) in [5, 5.41) is 14.8. The fraction of sp³-hybridized carbons (Fsp3) is 0.550. The maximum absolute atomic E-state index is 14.5. The van der Waals surface area contributed by atoms with Crippen LogP contribution in [0.25, 0.3) is 5.57 Å². The first-order valence-corrected chi connectivity index (χ1v) is 22.7. The molecule has 2 amide bonds. The molecule has 1 fully saturated rings. The summed E-state index contributed by atoms with van der Waals surface area (Å²) in [5.41, 5.74) is -3.21. The molecule has 2 unspecified atom stereocenters. The van der Waals surface area contributed by atoms with Gasteiger partial charge in [0.2, 0.25) is 27.6 Å². The standard InChI is InChI=1S/C40H53F3N6O8S2/c1-20(2)48-22(5)38(7,8)26-16-24(28(18-30(26)48)46-32(50)12-14-44-58(11,54)55)34-36(52)35(37(34)53)25-17-27-31(49(21(3)4)23(6)39(27,9)10)19-29(25)47-33(51)13-15-45-59(56,57)40(41,42)43/h16-23,44-45,52H,12-15H2,1-11H3,(H,46,50). The number of ketones is 1. The van der Waals surface area contributed by atoms with Crippen LogP contribution in [-0.2, 0) is 39.8 Å². The highest BCUT2D eigenvalue weighted by Crippen LogP contribution is 2.53. The Morgan fingerprint density at radius 1 is 0.881 bits per heavy atom. The number of carbonyl (C=O) groups is 3. The van der Waals surface area contributed by atoms with Gasteiger partial charge in [-0.05, 0) is 77.0 Å². The highest BCUT2D eigenvalue weighted by atomic mass is 32.2. The van der Waals surface area contributed by atoms with E-state index in [1.807, 2.05) is 48.5 Å². The minimum Gasteiger partial charge on any atom is -0.506 e. The van der Waals surface area contributed by atoms with Crippen LogP contribution in [-0.4, -0.2) is 99.2 Å². The quantitative estimate of drug-likeness (QED) is 0.199. The number of fused-ring (bicyclic) bond motifs is 2. The summed E-state index contributed by atoms with van der Waals surface area (Å²) in [6.45, 7) is 19.2. The van der Waals surface area contributed by atoms with Gasteiger partial charge in [-0.2, -0.15) is 13.2 Å². The van der Waals surface area contributed by atoms with Crippen LogP contribution in [0.5, 0.6) is 0 Å². The van der Waals surface area contributed by atoms with E-state index in [1.54, 1.807) is 24.3 Å². The predicted molar refractivity (Wildman–Crippen MR) is 221 cm³/mol. The molecule has 2 heterocycles. The van der Waals surface area contributed by atoms with Gasteiger partial charge in [-0.3, -0.25) is 14.4 Å². The first-order valence-electron chi connectivity index (χ1n) is 19.3. The molecule has 0 radical (unpaired) electrons. The molecule has 5 rings (SSSR count). The molecule has 19 heteroatoms. The number of carbonyl (C=O) groups excluding carboxylic acids is 3. The SMILES string of the molecule is CC(C)N1C2=CC(=NC(=O)CCNS(=O)(=O)C(F)(F)F)C(=C3C(=O)C(c4cc5c(cc4NC(=O)CCNS(C)(=O)=O)N(C(C)C)C(C)C5(C)C)=C3O)C=C2C(C)(C)C1C. The molecule has 1 aromatic carbocycles. The number of aliphatic imine (C=N–C) groups is 1. The van der Waals surface area contributed by atoms with Crippen LogP contribution in [0.4, 0.5) is 24.5 Å². The number of hydrogen-bond acceptors (Lipinski definition) is 10. The maximum atomic E-state index is 14.5. The van der Waals surface area contributed by atoms with Crippen molar-refractivity contribution in [3.8, 4) is 0 Å². The summed E-state index contributed by atoms with van der Waals surface area (Å²) < 4.78 is 88.8. The minimum atomic E-state index is -5.71. The van der Waals surface area contributed by atoms with Crippen molar-refractivity contribution in [3.63, 3.8) is 0 Å². The summed E-state index contributed by atoms with van der Waals surface area (Å²) >= 11 is 0. The van der Waals surface area contributed by atoms with E-state index in [2.05, 4.69) is 45.6 Å². The molecule has 1 aromatic rings. The number of aliphatic hydroxyl groups excluding tert-OH is 1. The highest BCUT2D eigenvalue weighted by Gasteiger charge is 2.50. The summed E-state index contributed by atoms with van der Waals surface area (Å²) in [5.74, 6) is -2.61. The van der Waals surface area contributed by atoms with Crippen molar-refractivity contribution in [1.82, 2.24) is 14.3 Å². The molecule has 4 aliphatic rings. The van der Waals surface area contributed by atoms with Gasteiger partial charge in [0, 0.05) is 83.4 Å². The lowest BCUT2D eigenvalue weighted by atomic mass is 9.73. The molecule has 1 saturated heterocycles. The lowest BCUT2D eigenvalue weighted by Gasteiger charge is -2.34. The van der Waals surface area contributed by atoms with Gasteiger partial charge in [0.15, 0.2) is 0 Å². The Labute approximate surface area is 343 Å². The summed E-state index contributed by atoms with van der Waals surface area (Å²) in [6, 6.07) is 3.45. The van der Waals surface area contributed by atoms with Crippen LogP contribution >= 0.6 is 0 Å². The molecule has 0 saturated carbocycles. The second kappa shape index (κ2) is 15.6. The van der Waals surface area contributed by atoms with Crippen LogP contribution in [0, 0.1) is 5.41 Å². The second-order valence-corrected chi connectivity index (χ2v) is 20.7. The van der Waals surface area contributed by atoms with E-state index in [0.717, 1.165) is 23.1 Å². The average molecular weight is 867 g/mol. The lowest BCUT2D eigenvalue weighted by Crippen LogP contribution is -2.42. The van der Waals surface area contributed by atoms with Crippen LogP contribution < -0.4 is 19.7 Å². The molecular formula is C40H53F3N6O8S2. The van der Waals surface area contributed by atoms with E-state index in [9.17, 15) is 49.5 Å². The Bertz CT molecular complexity index is 2380. The third-order valence-corrected chi connectivity index (χ3v) is 13.8. The van der Waals surface area contributed by atoms with Gasteiger partial charge in [0.05, 0.1) is 28.8 Å². The number of allylic oxidation sites excluding steroid dienone is 6. The number of hydrogen-bond donors (Lipinski definition) is 4. The molecule has 324 valence electrons. The summed E-state index contributed by atoms with van der Waals surface area (Å²) in [4.78, 5) is 49.4. The van der Waals surface area contributed by atoms with Crippen LogP contribution in [0.2, 0.25) is 0 Å². The van der Waals surface area contributed by atoms with Crippen molar-refractivity contribution in [1.29, 1.82) is 0 Å². The number of rotatable bonds is 12. The van der Waals surface area contributed by atoms with Gasteiger partial charge in [-0.15, -0.1) is 0 Å². The summed E-state index contributed by atoms with van der Waals surface area (Å²) in [6.07, 6.45) is 3.27. The number of halogens is 3. The number of sulfonamides is 2. The van der Waals surface area contributed by atoms with Crippen molar-refractivity contribution >= 4 is 60.3 Å². The Morgan fingerprint density at radius 3 is 2.00 bits per heavy atom. The molecule has 2 aliphatic heterocycles. The number of alkyl halides is 3. The fourth-order valence-corrected chi connectivity index (χ4v) is 9.28. The number of nitrogens with one attached hydrogen (secondary N) is 3. The number of benzene rings is 1. The van der Waals surface area contributed by atoms with Crippen LogP contribution in [0.3, 0.4) is 0 Å². The zero-order chi connectivity index (χ0) is 44.5. The van der Waals surface area contributed by atoms with Gasteiger partial charge < -0.3 is 20.2 Å². The van der Waals surface area contributed by atoms with Gasteiger partial charge in [0.25, 0.3) is 0 Å². The Kier molecular flexibility index (Phi) is 12.1. The largest absolute Gasteiger partial charge is 0.511 e. The third-order valence-electron chi connectivity index (χ3n) is 11.9. The Hall–Kier alpha value is -4.33. The molecule has 4 N–H and O–H groups in total. The molecule has 2 atom stereocenters. The van der Waals surface area contributed by atoms with E-state index in [4.69, 9.17) is 0 Å². The van der Waals surface area contributed by atoms with Crippen LogP contribution in [0.1, 0.15) is 93.2 Å². The van der Waals surface area contributed by atoms with E-state index >= 15 is 0 Å². The van der Waals surface area contributed by atoms with E-state index in [-0.39, 0.29) is 70.8 Å². The number of likely N-dealkylation sites (tertiary alicyclic amines) is 1. The Morgan fingerprint density at radius 2 is 1.46 bits per heavy atom. The molecular weight excluding hydrogens is 814 g/mol. The van der Waals surface area contributed by atoms with Crippen molar-refractivity contribution < 1.29 is 49.5 Å². The van der Waals surface area contributed by atoms with Crippen molar-refractivity contribution in [2.45, 2.75) is 117 Å². The van der Waals surface area contributed by atoms with E-state index in [1.165, 1.54) is 4.72 Å². The van der Waals surface area contributed by atoms with Crippen LogP contribution in [0.15, 0.2) is 57.5 Å². The molecule has 0 spiro atoms. The molecule has 14 nitrogen and oxygen atoms in total. The van der Waals surface area contributed by atoms with E-state index < -0.39 is 72.7 Å². The zero-order valence-corrected chi connectivity index (χ0v) is 36.7. The smallest absolute Gasteiger partial charge is 0.506 e. The normalized spacial score (nSPS) is 23.5. The Balaban J connectivity index is 1.67. The van der Waals surface area contributed by atoms with Gasteiger partial charge in [-0.1, -0.05) is 27.7 Å². The monoisotopic (exact) mass is 866 g/mol. The topological polar surface area (TPSA) is 195 Å².